The van der Waals surface area contributed by atoms with Crippen molar-refractivity contribution >= 4 is 5.97 Å². The van der Waals surface area contributed by atoms with Gasteiger partial charge in [-0.2, -0.15) is 0 Å². The molecule has 12 heavy (non-hydrogen) atoms. The van der Waals surface area contributed by atoms with Crippen LogP contribution in [-0.4, -0.2) is 11.1 Å². The van der Waals surface area contributed by atoms with E-state index in [9.17, 15) is 4.79 Å². The Kier molecular flexibility index (Phi) is 2.55. The van der Waals surface area contributed by atoms with Crippen molar-refractivity contribution in [3.05, 3.63) is 12.2 Å². The molecule has 0 saturated heterocycles. The van der Waals surface area contributed by atoms with Gasteiger partial charge in [-0.3, -0.25) is 4.79 Å². The summed E-state index contributed by atoms with van der Waals surface area (Å²) in [5.41, 5.74) is -0.121. The number of hydrogen-bond donors (Lipinski definition) is 1. The van der Waals surface area contributed by atoms with Gasteiger partial charge in [-0.25, -0.2) is 0 Å². The van der Waals surface area contributed by atoms with E-state index >= 15 is 0 Å². The molecule has 1 N–H and O–H groups in total. The van der Waals surface area contributed by atoms with Crippen LogP contribution in [0.3, 0.4) is 0 Å². The first kappa shape index (κ1) is 9.30. The molecule has 68 valence electrons. The van der Waals surface area contributed by atoms with Crippen molar-refractivity contribution in [2.24, 2.45) is 11.3 Å². The second-order valence-corrected chi connectivity index (χ2v) is 3.96. The minimum absolute atomic E-state index is 0.121. The molecule has 0 spiro atoms. The zero-order valence-corrected chi connectivity index (χ0v) is 7.71. The Hall–Kier alpha value is -0.790. The van der Waals surface area contributed by atoms with E-state index in [4.69, 9.17) is 5.11 Å². The fourth-order valence-corrected chi connectivity index (χ4v) is 1.75. The number of allylic oxidation sites excluding steroid dienone is 2. The van der Waals surface area contributed by atoms with Crippen molar-refractivity contribution in [1.82, 2.24) is 0 Å². The topological polar surface area (TPSA) is 37.3 Å². The summed E-state index contributed by atoms with van der Waals surface area (Å²) in [6.45, 7) is 4.16. The Labute approximate surface area is 73.3 Å². The van der Waals surface area contributed by atoms with E-state index in [2.05, 4.69) is 19.1 Å². The summed E-state index contributed by atoms with van der Waals surface area (Å²) in [5.74, 6) is -0.213. The molecule has 1 aliphatic rings. The Morgan fingerprint density at radius 2 is 2.42 bits per heavy atom. The van der Waals surface area contributed by atoms with Gasteiger partial charge in [0.15, 0.2) is 0 Å². The van der Waals surface area contributed by atoms with Crippen LogP contribution in [0.1, 0.15) is 33.1 Å². The molecule has 0 aliphatic heterocycles. The SMILES string of the molecule is CC1CCC=CC1(C)CC(=O)O. The van der Waals surface area contributed by atoms with Gasteiger partial charge in [-0.05, 0) is 24.2 Å². The zero-order valence-electron chi connectivity index (χ0n) is 7.71. The number of carbonyl (C=O) groups is 1. The smallest absolute Gasteiger partial charge is 0.304 e. The van der Waals surface area contributed by atoms with Gasteiger partial charge in [-0.15, -0.1) is 0 Å². The molecular formula is C10H16O2. The van der Waals surface area contributed by atoms with E-state index in [-0.39, 0.29) is 11.8 Å². The van der Waals surface area contributed by atoms with Crippen molar-refractivity contribution < 1.29 is 9.90 Å². The van der Waals surface area contributed by atoms with Crippen molar-refractivity contribution in [3.8, 4) is 0 Å². The maximum atomic E-state index is 10.6. The summed E-state index contributed by atoms with van der Waals surface area (Å²) in [6, 6.07) is 0. The van der Waals surface area contributed by atoms with Crippen LogP contribution in [0.15, 0.2) is 12.2 Å². The second-order valence-electron chi connectivity index (χ2n) is 3.96. The molecule has 0 aromatic carbocycles. The first-order valence-corrected chi connectivity index (χ1v) is 4.44. The molecular weight excluding hydrogens is 152 g/mol. The molecule has 0 aromatic heterocycles. The van der Waals surface area contributed by atoms with E-state index in [0.717, 1.165) is 12.8 Å². The Bertz CT molecular complexity index is 208. The van der Waals surface area contributed by atoms with Crippen LogP contribution in [0, 0.1) is 11.3 Å². The van der Waals surface area contributed by atoms with E-state index in [1.807, 2.05) is 6.92 Å². The summed E-state index contributed by atoms with van der Waals surface area (Å²) in [7, 11) is 0. The summed E-state index contributed by atoms with van der Waals surface area (Å²) in [5, 5.41) is 8.71. The molecule has 0 amide bonds. The fraction of sp³-hybridized carbons (Fsp3) is 0.700. The normalized spacial score (nSPS) is 35.0. The van der Waals surface area contributed by atoms with Gasteiger partial charge in [0, 0.05) is 0 Å². The van der Waals surface area contributed by atoms with E-state index in [1.165, 1.54) is 0 Å². The van der Waals surface area contributed by atoms with Crippen LogP contribution in [-0.2, 0) is 4.79 Å². The van der Waals surface area contributed by atoms with Gasteiger partial charge in [0.1, 0.15) is 0 Å². The van der Waals surface area contributed by atoms with Crippen molar-refractivity contribution in [2.45, 2.75) is 33.1 Å². The average Bonchev–Trinajstić information content (AvgIpc) is 1.94. The third-order valence-electron chi connectivity index (χ3n) is 2.92. The van der Waals surface area contributed by atoms with Crippen LogP contribution in [0.2, 0.25) is 0 Å². The van der Waals surface area contributed by atoms with Crippen LogP contribution >= 0.6 is 0 Å². The lowest BCUT2D eigenvalue weighted by molar-refractivity contribution is -0.139. The third-order valence-corrected chi connectivity index (χ3v) is 2.92. The Morgan fingerprint density at radius 3 is 2.92 bits per heavy atom. The molecule has 1 rings (SSSR count). The first-order valence-electron chi connectivity index (χ1n) is 4.44. The van der Waals surface area contributed by atoms with Crippen molar-refractivity contribution in [1.29, 1.82) is 0 Å². The highest BCUT2D eigenvalue weighted by Gasteiger charge is 2.32. The zero-order chi connectivity index (χ0) is 9.19. The predicted molar refractivity (Wildman–Crippen MR) is 47.9 cm³/mol. The highest BCUT2D eigenvalue weighted by molar-refractivity contribution is 5.68. The van der Waals surface area contributed by atoms with Gasteiger partial charge < -0.3 is 5.11 Å². The highest BCUT2D eigenvalue weighted by Crippen LogP contribution is 2.38. The van der Waals surface area contributed by atoms with Crippen LogP contribution in [0.25, 0.3) is 0 Å². The molecule has 0 aromatic rings. The molecule has 2 heteroatoms. The minimum Gasteiger partial charge on any atom is -0.481 e. The number of rotatable bonds is 2. The quantitative estimate of drug-likeness (QED) is 0.643. The van der Waals surface area contributed by atoms with Crippen molar-refractivity contribution in [3.63, 3.8) is 0 Å². The molecule has 1 aliphatic carbocycles. The summed E-state index contributed by atoms with van der Waals surface area (Å²) in [6.07, 6.45) is 6.62. The van der Waals surface area contributed by atoms with Gasteiger partial charge in [0.05, 0.1) is 6.42 Å². The molecule has 2 nitrogen and oxygen atoms in total. The van der Waals surface area contributed by atoms with Crippen molar-refractivity contribution in [2.75, 3.05) is 0 Å². The van der Waals surface area contributed by atoms with Crippen LogP contribution in [0.4, 0.5) is 0 Å². The number of hydrogen-bond acceptors (Lipinski definition) is 1. The second kappa shape index (κ2) is 3.30. The van der Waals surface area contributed by atoms with Gasteiger partial charge in [0.2, 0.25) is 0 Å². The largest absolute Gasteiger partial charge is 0.481 e. The van der Waals surface area contributed by atoms with E-state index in [0.29, 0.717) is 5.92 Å². The van der Waals surface area contributed by atoms with Gasteiger partial charge >= 0.3 is 5.97 Å². The molecule has 0 heterocycles. The lowest BCUT2D eigenvalue weighted by Crippen LogP contribution is -2.28. The number of aliphatic carboxylic acids is 1. The van der Waals surface area contributed by atoms with Gasteiger partial charge in [-0.1, -0.05) is 26.0 Å². The maximum Gasteiger partial charge on any atom is 0.304 e. The molecule has 0 radical (unpaired) electrons. The number of carboxylic acid groups (broad SMARTS) is 1. The molecule has 0 saturated carbocycles. The summed E-state index contributed by atoms with van der Waals surface area (Å²) in [4.78, 5) is 10.6. The molecule has 0 bridgehead atoms. The Morgan fingerprint density at radius 1 is 1.75 bits per heavy atom. The number of carboxylic acids is 1. The Balaban J connectivity index is 2.72. The predicted octanol–water partition coefficient (Wildman–Crippen LogP) is 2.45. The van der Waals surface area contributed by atoms with Crippen LogP contribution in [0.5, 0.6) is 0 Å². The fourth-order valence-electron chi connectivity index (χ4n) is 1.75. The van der Waals surface area contributed by atoms with Gasteiger partial charge in [0.25, 0.3) is 0 Å². The summed E-state index contributed by atoms with van der Waals surface area (Å²) < 4.78 is 0. The third kappa shape index (κ3) is 1.87. The standard InChI is InChI=1S/C10H16O2/c1-8-5-3-4-6-10(8,2)7-9(11)12/h4,6,8H,3,5,7H2,1-2H3,(H,11,12). The highest BCUT2D eigenvalue weighted by atomic mass is 16.4. The lowest BCUT2D eigenvalue weighted by atomic mass is 9.70. The first-order chi connectivity index (χ1) is 5.54. The molecule has 2 atom stereocenters. The average molecular weight is 168 g/mol. The minimum atomic E-state index is -0.698. The summed E-state index contributed by atoms with van der Waals surface area (Å²) >= 11 is 0. The molecule has 0 fully saturated rings. The monoisotopic (exact) mass is 168 g/mol. The van der Waals surface area contributed by atoms with Crippen LogP contribution < -0.4 is 0 Å². The molecule has 2 unspecified atom stereocenters. The van der Waals surface area contributed by atoms with E-state index in [1.54, 1.807) is 0 Å². The maximum absolute atomic E-state index is 10.6. The lowest BCUT2D eigenvalue weighted by Gasteiger charge is -2.34. The van der Waals surface area contributed by atoms with E-state index < -0.39 is 5.97 Å².